The maximum absolute atomic E-state index is 12.6. The monoisotopic (exact) mass is 378 g/mol. The summed E-state index contributed by atoms with van der Waals surface area (Å²) in [5, 5.41) is 13.1. The Morgan fingerprint density at radius 2 is 2.00 bits per heavy atom. The number of benzene rings is 1. The second-order valence-electron chi connectivity index (χ2n) is 6.75. The number of aryl methyl sites for hydroxylation is 3. The molecule has 0 saturated carbocycles. The fraction of sp³-hybridized carbons (Fsp3) is 0.211. The van der Waals surface area contributed by atoms with Crippen molar-refractivity contribution in [3.05, 3.63) is 65.2 Å². The lowest BCUT2D eigenvalue weighted by atomic mass is 10.1. The first-order valence-corrected chi connectivity index (χ1v) is 8.85. The van der Waals surface area contributed by atoms with Gasteiger partial charge in [0.15, 0.2) is 5.82 Å². The summed E-state index contributed by atoms with van der Waals surface area (Å²) < 4.78 is 3.47. The molecule has 9 nitrogen and oxygen atoms in total. The smallest absolute Gasteiger partial charge is 0.256 e. The fourth-order valence-corrected chi connectivity index (χ4v) is 3.02. The van der Waals surface area contributed by atoms with E-state index in [2.05, 4.69) is 26.5 Å². The minimum atomic E-state index is -0.209. The number of anilines is 2. The Balaban J connectivity index is 1.59. The lowest BCUT2D eigenvalue weighted by molar-refractivity contribution is 0.102. The highest BCUT2D eigenvalue weighted by molar-refractivity contribution is 6.04. The zero-order valence-corrected chi connectivity index (χ0v) is 16.2. The predicted octanol–water partition coefficient (Wildman–Crippen LogP) is 1.85. The van der Waals surface area contributed by atoms with E-state index in [0.29, 0.717) is 11.4 Å². The number of hydrogen-bond acceptors (Lipinski definition) is 6. The van der Waals surface area contributed by atoms with E-state index in [4.69, 9.17) is 0 Å². The molecular weight excluding hydrogens is 356 g/mol. The van der Waals surface area contributed by atoms with Crippen molar-refractivity contribution >= 4 is 23.1 Å². The van der Waals surface area contributed by atoms with Crippen molar-refractivity contribution < 1.29 is 4.79 Å². The molecule has 1 aliphatic rings. The highest BCUT2D eigenvalue weighted by atomic mass is 16.1. The maximum Gasteiger partial charge on any atom is 0.256 e. The predicted molar refractivity (Wildman–Crippen MR) is 107 cm³/mol. The molecule has 9 heteroatoms. The Morgan fingerprint density at radius 1 is 1.18 bits per heavy atom. The third-order valence-electron chi connectivity index (χ3n) is 4.78. The number of nitrogens with zero attached hydrogens (tertiary/aromatic N) is 5. The largest absolute Gasteiger partial charge is 0.305 e. The van der Waals surface area contributed by atoms with Crippen LogP contribution in [0.2, 0.25) is 0 Å². The third-order valence-corrected chi connectivity index (χ3v) is 4.78. The molecule has 3 N–H and O–H groups in total. The van der Waals surface area contributed by atoms with Gasteiger partial charge in [-0.05, 0) is 31.5 Å². The molecule has 2 aromatic heterocycles. The van der Waals surface area contributed by atoms with Crippen LogP contribution in [0, 0.1) is 13.8 Å². The summed E-state index contributed by atoms with van der Waals surface area (Å²) in [6, 6.07) is 7.32. The molecular formula is C19H22N8O. The zero-order chi connectivity index (χ0) is 19.8. The number of nitrogens with one attached hydrogen (secondary N) is 3. The summed E-state index contributed by atoms with van der Waals surface area (Å²) in [5.74, 6) is 0.309. The molecule has 0 spiro atoms. The average molecular weight is 378 g/mol. The van der Waals surface area contributed by atoms with Crippen LogP contribution in [0.3, 0.4) is 0 Å². The van der Waals surface area contributed by atoms with Crippen LogP contribution in [0.25, 0.3) is 5.70 Å². The minimum absolute atomic E-state index is 0.209. The highest BCUT2D eigenvalue weighted by Gasteiger charge is 2.20. The molecule has 1 amide bonds. The van der Waals surface area contributed by atoms with Crippen molar-refractivity contribution in [1.82, 2.24) is 30.5 Å². The number of hydrogen-bond donors (Lipinski definition) is 3. The Labute approximate surface area is 162 Å². The first kappa shape index (κ1) is 17.8. The van der Waals surface area contributed by atoms with Gasteiger partial charge in [-0.1, -0.05) is 6.07 Å². The molecule has 0 aliphatic carbocycles. The molecule has 0 fully saturated rings. The van der Waals surface area contributed by atoms with Crippen LogP contribution in [0.15, 0.2) is 42.9 Å². The number of aromatic nitrogens is 4. The maximum atomic E-state index is 12.6. The second kappa shape index (κ2) is 6.86. The van der Waals surface area contributed by atoms with Crippen molar-refractivity contribution in [2.45, 2.75) is 13.8 Å². The number of amides is 1. The summed E-state index contributed by atoms with van der Waals surface area (Å²) in [5.41, 5.74) is 11.7. The van der Waals surface area contributed by atoms with Crippen molar-refractivity contribution in [2.75, 3.05) is 10.3 Å². The van der Waals surface area contributed by atoms with E-state index in [1.54, 1.807) is 30.1 Å². The zero-order valence-electron chi connectivity index (χ0n) is 16.2. The Kier molecular flexibility index (Phi) is 4.36. The van der Waals surface area contributed by atoms with Crippen molar-refractivity contribution in [1.29, 1.82) is 0 Å². The first-order valence-electron chi connectivity index (χ1n) is 8.85. The second-order valence-corrected chi connectivity index (χ2v) is 6.75. The Morgan fingerprint density at radius 3 is 2.68 bits per heavy atom. The van der Waals surface area contributed by atoms with Crippen LogP contribution in [0.5, 0.6) is 0 Å². The molecule has 1 aromatic carbocycles. The molecule has 0 saturated heterocycles. The van der Waals surface area contributed by atoms with Gasteiger partial charge in [-0.3, -0.25) is 19.2 Å². The van der Waals surface area contributed by atoms with Gasteiger partial charge in [0.1, 0.15) is 0 Å². The van der Waals surface area contributed by atoms with Gasteiger partial charge in [-0.15, -0.1) is 5.53 Å². The number of carbonyl (C=O) groups is 1. The number of rotatable bonds is 4. The van der Waals surface area contributed by atoms with E-state index in [1.165, 1.54) is 0 Å². The molecule has 3 aromatic rings. The van der Waals surface area contributed by atoms with Crippen LogP contribution < -0.4 is 21.3 Å². The average Bonchev–Trinajstić information content (AvgIpc) is 3.38. The highest BCUT2D eigenvalue weighted by Crippen LogP contribution is 2.26. The lowest BCUT2D eigenvalue weighted by Gasteiger charge is -2.18. The van der Waals surface area contributed by atoms with Crippen molar-refractivity contribution in [3.63, 3.8) is 0 Å². The van der Waals surface area contributed by atoms with Gasteiger partial charge in [0.2, 0.25) is 0 Å². The number of hydrazine groups is 2. The molecule has 0 bridgehead atoms. The molecule has 0 atom stereocenters. The molecule has 144 valence electrons. The molecule has 3 heterocycles. The van der Waals surface area contributed by atoms with E-state index in [1.807, 2.05) is 55.1 Å². The van der Waals surface area contributed by atoms with Crippen molar-refractivity contribution in [2.24, 2.45) is 14.1 Å². The third kappa shape index (κ3) is 3.23. The lowest BCUT2D eigenvalue weighted by Crippen LogP contribution is -2.36. The van der Waals surface area contributed by atoms with Gasteiger partial charge in [-0.2, -0.15) is 10.2 Å². The van der Waals surface area contributed by atoms with E-state index < -0.39 is 0 Å². The van der Waals surface area contributed by atoms with E-state index >= 15 is 0 Å². The van der Waals surface area contributed by atoms with Crippen LogP contribution in [0.1, 0.15) is 27.2 Å². The summed E-state index contributed by atoms with van der Waals surface area (Å²) in [7, 11) is 3.72. The summed E-state index contributed by atoms with van der Waals surface area (Å²) in [6.45, 7) is 4.01. The molecule has 28 heavy (non-hydrogen) atoms. The van der Waals surface area contributed by atoms with Gasteiger partial charge in [0, 0.05) is 49.4 Å². The standard InChI is InChI=1S/C19H22N8O/c1-12-5-6-14(19(28)21-18-7-8-25(3)23-18)9-17(12)27-11-16(22-24-27)15-10-20-26(4)13(15)2/h5-11,22,24H,1-4H3,(H,21,23,28). The van der Waals surface area contributed by atoms with E-state index in [9.17, 15) is 4.79 Å². The van der Waals surface area contributed by atoms with Crippen LogP contribution >= 0.6 is 0 Å². The molecule has 0 unspecified atom stereocenters. The fourth-order valence-electron chi connectivity index (χ4n) is 3.02. The van der Waals surface area contributed by atoms with E-state index in [0.717, 1.165) is 28.2 Å². The Hall–Kier alpha value is -3.59. The van der Waals surface area contributed by atoms with Gasteiger partial charge < -0.3 is 10.7 Å². The number of carbonyl (C=O) groups excluding carboxylic acids is 1. The summed E-state index contributed by atoms with van der Waals surface area (Å²) in [6.07, 6.45) is 5.55. The SMILES string of the molecule is Cc1ccc(C(=O)Nc2ccn(C)n2)cc1N1C=C(c2cnn(C)c2C)NN1. The molecule has 1 aliphatic heterocycles. The molecule has 0 radical (unpaired) electrons. The van der Waals surface area contributed by atoms with Crippen LogP contribution in [-0.2, 0) is 14.1 Å². The van der Waals surface area contributed by atoms with Crippen molar-refractivity contribution in [3.8, 4) is 0 Å². The van der Waals surface area contributed by atoms with Gasteiger partial charge in [-0.25, -0.2) is 0 Å². The Bertz CT molecular complexity index is 1080. The normalized spacial score (nSPS) is 13.4. The van der Waals surface area contributed by atoms with Gasteiger partial charge in [0.05, 0.1) is 17.6 Å². The summed E-state index contributed by atoms with van der Waals surface area (Å²) >= 11 is 0. The van der Waals surface area contributed by atoms with Crippen LogP contribution in [-0.4, -0.2) is 25.5 Å². The topological polar surface area (TPSA) is 92.0 Å². The molecule has 4 rings (SSSR count). The minimum Gasteiger partial charge on any atom is -0.305 e. The summed E-state index contributed by atoms with van der Waals surface area (Å²) in [4.78, 5) is 12.6. The van der Waals surface area contributed by atoms with Gasteiger partial charge >= 0.3 is 0 Å². The first-order chi connectivity index (χ1) is 13.4. The van der Waals surface area contributed by atoms with E-state index in [-0.39, 0.29) is 5.91 Å². The van der Waals surface area contributed by atoms with Crippen LogP contribution in [0.4, 0.5) is 11.5 Å². The van der Waals surface area contributed by atoms with Gasteiger partial charge in [0.25, 0.3) is 5.91 Å². The quantitative estimate of drug-likeness (QED) is 0.642.